The summed E-state index contributed by atoms with van der Waals surface area (Å²) in [6.45, 7) is 5.28. The van der Waals surface area contributed by atoms with Gasteiger partial charge in [-0.15, -0.1) is 0 Å². The summed E-state index contributed by atoms with van der Waals surface area (Å²) < 4.78 is 25.9. The summed E-state index contributed by atoms with van der Waals surface area (Å²) in [5.41, 5.74) is 0. The molecule has 168 valence electrons. The molecule has 0 N–H and O–H groups in total. The van der Waals surface area contributed by atoms with Crippen LogP contribution in [-0.4, -0.2) is 51.6 Å². The van der Waals surface area contributed by atoms with Gasteiger partial charge in [0, 0.05) is 0 Å². The van der Waals surface area contributed by atoms with Crippen molar-refractivity contribution in [3.8, 4) is 0 Å². The van der Waals surface area contributed by atoms with Crippen LogP contribution in [0.5, 0.6) is 0 Å². The second-order valence-electron chi connectivity index (χ2n) is 7.67. The Morgan fingerprint density at radius 2 is 0.667 bits per heavy atom. The van der Waals surface area contributed by atoms with Crippen molar-refractivity contribution in [2.75, 3.05) is 13.2 Å². The summed E-state index contributed by atoms with van der Waals surface area (Å²) in [6, 6.07) is 42.1. The molecule has 33 heavy (non-hydrogen) atoms. The number of hydrogen-bond acceptors (Lipinski definition) is 3. The first kappa shape index (κ1) is 24.5. The van der Waals surface area contributed by atoms with Gasteiger partial charge < -0.3 is 0 Å². The van der Waals surface area contributed by atoms with Crippen molar-refractivity contribution in [3.05, 3.63) is 121 Å². The minimum absolute atomic E-state index is 0.581. The number of rotatable bonds is 10. The van der Waals surface area contributed by atoms with Gasteiger partial charge in [-0.1, -0.05) is 0 Å². The molecule has 0 aliphatic rings. The topological polar surface area (TPSA) is 27.7 Å². The quantitative estimate of drug-likeness (QED) is 0.246. The van der Waals surface area contributed by atoms with Crippen LogP contribution in [0.1, 0.15) is 13.8 Å². The first-order chi connectivity index (χ1) is 16.2. The fourth-order valence-electron chi connectivity index (χ4n) is 4.20. The van der Waals surface area contributed by atoms with Crippen molar-refractivity contribution in [2.45, 2.75) is 13.8 Å². The molecule has 0 spiro atoms. The molecule has 4 rings (SSSR count). The van der Waals surface area contributed by atoms with E-state index in [1.165, 1.54) is 0 Å². The molecule has 0 saturated carbocycles. The first-order valence-electron chi connectivity index (χ1n) is 11.5. The van der Waals surface area contributed by atoms with Crippen LogP contribution in [0.3, 0.4) is 0 Å². The van der Waals surface area contributed by atoms with Gasteiger partial charge in [0.25, 0.3) is 0 Å². The molecular weight excluding hydrogens is 622 g/mol. The van der Waals surface area contributed by atoms with Gasteiger partial charge in [0.15, 0.2) is 0 Å². The van der Waals surface area contributed by atoms with E-state index in [0.717, 1.165) is 14.3 Å². The molecule has 0 bridgehead atoms. The van der Waals surface area contributed by atoms with Crippen LogP contribution in [0.4, 0.5) is 0 Å². The molecule has 0 unspecified atom stereocenters. The van der Waals surface area contributed by atoms with Crippen LogP contribution in [-0.2, 0) is 7.56 Å². The van der Waals surface area contributed by atoms with E-state index < -0.39 is 38.4 Å². The van der Waals surface area contributed by atoms with Gasteiger partial charge in [-0.25, -0.2) is 0 Å². The molecule has 0 atom stereocenters. The fourth-order valence-corrected chi connectivity index (χ4v) is 39.4. The first-order valence-corrected chi connectivity index (χ1v) is 21.8. The van der Waals surface area contributed by atoms with Gasteiger partial charge in [0.2, 0.25) is 0 Å². The molecule has 0 fully saturated rings. The predicted octanol–water partition coefficient (Wildman–Crippen LogP) is 3.59. The second-order valence-corrected chi connectivity index (χ2v) is 27.4. The Hall–Kier alpha value is -1.64. The van der Waals surface area contributed by atoms with Crippen molar-refractivity contribution in [2.24, 2.45) is 0 Å². The van der Waals surface area contributed by atoms with E-state index in [0.29, 0.717) is 13.2 Å². The molecular formula is C28H30O3Sn2. The van der Waals surface area contributed by atoms with Crippen LogP contribution in [0.15, 0.2) is 121 Å². The van der Waals surface area contributed by atoms with E-state index in [1.54, 1.807) is 0 Å². The van der Waals surface area contributed by atoms with E-state index in [-0.39, 0.29) is 0 Å². The Morgan fingerprint density at radius 3 is 0.879 bits per heavy atom. The van der Waals surface area contributed by atoms with Crippen molar-refractivity contribution < 1.29 is 7.56 Å². The van der Waals surface area contributed by atoms with Crippen molar-refractivity contribution >= 4 is 52.7 Å². The molecule has 3 nitrogen and oxygen atoms in total. The fraction of sp³-hybridized carbons (Fsp3) is 0.143. The summed E-state index contributed by atoms with van der Waals surface area (Å²) >= 11 is -8.30. The van der Waals surface area contributed by atoms with Gasteiger partial charge >= 0.3 is 209 Å². The standard InChI is InChI=1S/4C6H5.2C2H5O.O.2Sn/c4*1-2-4-6-5-3-1;2*1-2-3;;;/h4*1-5H;2*2H2,1H3;;;/q;;;;2*-1;;2*+1. The van der Waals surface area contributed by atoms with E-state index in [4.69, 9.17) is 7.56 Å². The van der Waals surface area contributed by atoms with Gasteiger partial charge in [0.1, 0.15) is 0 Å². The van der Waals surface area contributed by atoms with E-state index in [9.17, 15) is 0 Å². The maximum absolute atomic E-state index is 7.63. The van der Waals surface area contributed by atoms with Crippen molar-refractivity contribution in [1.29, 1.82) is 0 Å². The zero-order valence-electron chi connectivity index (χ0n) is 19.2. The molecule has 4 aromatic rings. The summed E-state index contributed by atoms with van der Waals surface area (Å²) in [5, 5.41) is 0. The van der Waals surface area contributed by atoms with Gasteiger partial charge in [-0.3, -0.25) is 0 Å². The van der Waals surface area contributed by atoms with Crippen LogP contribution >= 0.6 is 0 Å². The summed E-state index contributed by atoms with van der Waals surface area (Å²) in [6.07, 6.45) is 0. The Bertz CT molecular complexity index is 937. The molecule has 0 aliphatic carbocycles. The zero-order chi connectivity index (χ0) is 23.0. The maximum atomic E-state index is 7.63. The van der Waals surface area contributed by atoms with Crippen molar-refractivity contribution in [1.82, 2.24) is 0 Å². The molecule has 4 aromatic carbocycles. The SMILES string of the molecule is CC[O][Sn]([O][Sn]([O]CC)([c]1ccccc1)[c]1ccccc1)([c]1ccccc1)[c]1ccccc1. The minimum atomic E-state index is -4.15. The third kappa shape index (κ3) is 5.22. The third-order valence-electron chi connectivity index (χ3n) is 5.60. The van der Waals surface area contributed by atoms with Gasteiger partial charge in [-0.2, -0.15) is 0 Å². The van der Waals surface area contributed by atoms with E-state index in [1.807, 2.05) is 24.3 Å². The Kier molecular flexibility index (Phi) is 8.65. The average molecular weight is 652 g/mol. The molecule has 5 heteroatoms. The van der Waals surface area contributed by atoms with Crippen LogP contribution in [0.25, 0.3) is 0 Å². The number of hydrogen-bond donors (Lipinski definition) is 0. The number of benzene rings is 4. The van der Waals surface area contributed by atoms with Gasteiger partial charge in [0.05, 0.1) is 0 Å². The van der Waals surface area contributed by atoms with Gasteiger partial charge in [-0.05, 0) is 0 Å². The zero-order valence-corrected chi connectivity index (χ0v) is 24.9. The molecule has 0 aromatic heterocycles. The van der Waals surface area contributed by atoms with E-state index in [2.05, 4.69) is 111 Å². The van der Waals surface area contributed by atoms with Crippen LogP contribution in [0.2, 0.25) is 0 Å². The normalized spacial score (nSPS) is 11.9. The van der Waals surface area contributed by atoms with Crippen LogP contribution < -0.4 is 14.3 Å². The Morgan fingerprint density at radius 1 is 0.424 bits per heavy atom. The Balaban J connectivity index is 2.01. The molecule has 0 heterocycles. The van der Waals surface area contributed by atoms with Crippen LogP contribution in [0, 0.1) is 0 Å². The second kappa shape index (κ2) is 11.7. The van der Waals surface area contributed by atoms with E-state index >= 15 is 0 Å². The predicted molar refractivity (Wildman–Crippen MR) is 140 cm³/mol. The molecule has 0 saturated heterocycles. The molecule has 0 amide bonds. The summed E-state index contributed by atoms with van der Waals surface area (Å²) in [5.74, 6) is 0. The summed E-state index contributed by atoms with van der Waals surface area (Å²) in [7, 11) is 0. The summed E-state index contributed by atoms with van der Waals surface area (Å²) in [4.78, 5) is 0. The van der Waals surface area contributed by atoms with Crippen molar-refractivity contribution in [3.63, 3.8) is 0 Å². The molecule has 0 radical (unpaired) electrons. The third-order valence-corrected chi connectivity index (χ3v) is 34.7. The Labute approximate surface area is 207 Å². The molecule has 0 aliphatic heterocycles. The monoisotopic (exact) mass is 654 g/mol. The average Bonchev–Trinajstić information content (AvgIpc) is 2.90.